The van der Waals surface area contributed by atoms with Crippen LogP contribution in [0.15, 0.2) is 229 Å². The Balaban J connectivity index is 0.878. The van der Waals surface area contributed by atoms with Crippen molar-refractivity contribution in [1.29, 1.82) is 0 Å². The fourth-order valence-corrected chi connectivity index (χ4v) is 9.48. The molecule has 0 fully saturated rings. The smallest absolute Gasteiger partial charge is 0.150 e. The average Bonchev–Trinajstić information content (AvgIpc) is 3.87. The van der Waals surface area contributed by atoms with Gasteiger partial charge >= 0.3 is 0 Å². The van der Waals surface area contributed by atoms with E-state index in [0.29, 0.717) is 6.67 Å². The van der Waals surface area contributed by atoms with Gasteiger partial charge in [-0.05, 0) is 101 Å². The van der Waals surface area contributed by atoms with Gasteiger partial charge in [-0.3, -0.25) is 0 Å². The van der Waals surface area contributed by atoms with Crippen LogP contribution in [0.1, 0.15) is 11.7 Å². The fourth-order valence-electron chi connectivity index (χ4n) is 9.48. The summed E-state index contributed by atoms with van der Waals surface area (Å²) >= 11 is 0. The molecule has 1 unspecified atom stereocenters. The summed E-state index contributed by atoms with van der Waals surface area (Å²) in [6, 6.07) is 80.9. The monoisotopic (exact) mass is 795 g/mol. The number of fused-ring (bicyclic) bond motifs is 6. The van der Waals surface area contributed by atoms with Crippen molar-refractivity contribution in [3.63, 3.8) is 0 Å². The lowest BCUT2D eigenvalue weighted by Crippen LogP contribution is -2.43. The number of hydrogen-bond donors (Lipinski definition) is 0. The maximum Gasteiger partial charge on any atom is 0.150 e. The number of hydrogen-bond acceptors (Lipinski definition) is 3. The van der Waals surface area contributed by atoms with Gasteiger partial charge in [-0.1, -0.05) is 152 Å². The number of rotatable bonds is 7. The van der Waals surface area contributed by atoms with Crippen molar-refractivity contribution in [2.75, 3.05) is 16.5 Å². The Hall–Kier alpha value is -8.15. The molecule has 1 aliphatic rings. The van der Waals surface area contributed by atoms with Gasteiger partial charge in [0.25, 0.3) is 0 Å². The lowest BCUT2D eigenvalue weighted by Gasteiger charge is -2.39. The summed E-state index contributed by atoms with van der Waals surface area (Å²) in [4.78, 5) is 9.65. The molecule has 0 amide bonds. The van der Waals surface area contributed by atoms with Crippen LogP contribution in [-0.4, -0.2) is 22.1 Å². The number of aliphatic imine (C=N–C) groups is 1. The van der Waals surface area contributed by atoms with E-state index in [1.165, 1.54) is 65.9 Å². The normalized spacial score (nSPS) is 14.1. The highest BCUT2D eigenvalue weighted by Crippen LogP contribution is 2.38. The Morgan fingerprint density at radius 3 is 1.45 bits per heavy atom. The summed E-state index contributed by atoms with van der Waals surface area (Å²) in [5.74, 6) is 0. The average molecular weight is 796 g/mol. The van der Waals surface area contributed by atoms with Crippen molar-refractivity contribution in [2.45, 2.75) is 6.17 Å². The summed E-state index contributed by atoms with van der Waals surface area (Å²) in [5.41, 5.74) is 15.2. The largest absolute Gasteiger partial charge is 0.328 e. The minimum absolute atomic E-state index is 0.134. The minimum Gasteiger partial charge on any atom is -0.328 e. The zero-order valence-corrected chi connectivity index (χ0v) is 34.0. The van der Waals surface area contributed by atoms with Crippen LogP contribution in [0.5, 0.6) is 0 Å². The first kappa shape index (κ1) is 35.8. The molecule has 3 heterocycles. The number of anilines is 2. The molecule has 9 aromatic carbocycles. The van der Waals surface area contributed by atoms with Crippen molar-refractivity contribution in [3.8, 4) is 33.6 Å². The summed E-state index contributed by atoms with van der Waals surface area (Å²) in [7, 11) is 0. The summed E-state index contributed by atoms with van der Waals surface area (Å²) in [5, 5.41) is 5.02. The van der Waals surface area contributed by atoms with E-state index in [1.54, 1.807) is 0 Å². The third kappa shape index (κ3) is 6.05. The van der Waals surface area contributed by atoms with Crippen molar-refractivity contribution in [3.05, 3.63) is 230 Å². The number of aromatic nitrogens is 2. The van der Waals surface area contributed by atoms with Gasteiger partial charge in [0.1, 0.15) is 6.17 Å². The molecular weight excluding hydrogens is 755 g/mol. The van der Waals surface area contributed by atoms with E-state index in [0.717, 1.165) is 28.3 Å². The maximum absolute atomic E-state index is 5.09. The predicted molar refractivity (Wildman–Crippen MR) is 260 cm³/mol. The molecule has 0 saturated carbocycles. The number of benzene rings is 9. The second kappa shape index (κ2) is 14.8. The van der Waals surface area contributed by atoms with Crippen LogP contribution in [0.4, 0.5) is 11.4 Å². The summed E-state index contributed by atoms with van der Waals surface area (Å²) in [6.45, 7) is 0.699. The SMILES string of the molecule is C1=NC(c2ccc(-c3ccc(-n4c5ccccc5c5ccc(-c6cccc(-n7c8ccccc8c8ccccc87)c6)cc54)cc3)cc2)N(c2ccccc2)CN1c1ccccc1. The molecule has 294 valence electrons. The Bertz CT molecular complexity index is 3380. The van der Waals surface area contributed by atoms with Gasteiger partial charge in [0.05, 0.1) is 35.1 Å². The van der Waals surface area contributed by atoms with Crippen LogP contribution in [0.25, 0.3) is 77.2 Å². The molecule has 0 radical (unpaired) electrons. The third-order valence-electron chi connectivity index (χ3n) is 12.5. The van der Waals surface area contributed by atoms with Crippen LogP contribution in [0.3, 0.4) is 0 Å². The number of para-hydroxylation sites is 5. The molecule has 11 aromatic rings. The fraction of sp³-hybridized carbons (Fsp3) is 0.0351. The first-order valence-corrected chi connectivity index (χ1v) is 21.2. The molecule has 1 aliphatic heterocycles. The summed E-state index contributed by atoms with van der Waals surface area (Å²) in [6.07, 6.45) is 1.85. The van der Waals surface area contributed by atoms with Gasteiger partial charge in [-0.2, -0.15) is 0 Å². The highest BCUT2D eigenvalue weighted by Gasteiger charge is 2.26. The van der Waals surface area contributed by atoms with Crippen molar-refractivity contribution in [2.24, 2.45) is 4.99 Å². The molecule has 1 atom stereocenters. The Kier molecular flexibility index (Phi) is 8.56. The van der Waals surface area contributed by atoms with Gasteiger partial charge in [0.2, 0.25) is 0 Å². The molecule has 0 N–H and O–H groups in total. The Labute approximate surface area is 360 Å². The zero-order valence-electron chi connectivity index (χ0n) is 34.0. The van der Waals surface area contributed by atoms with E-state index in [2.05, 4.69) is 237 Å². The van der Waals surface area contributed by atoms with Crippen molar-refractivity contribution >= 4 is 61.3 Å². The van der Waals surface area contributed by atoms with Crippen LogP contribution in [-0.2, 0) is 0 Å². The first-order valence-electron chi connectivity index (χ1n) is 21.2. The molecule has 2 aromatic heterocycles. The second-order valence-electron chi connectivity index (χ2n) is 16.1. The topological polar surface area (TPSA) is 28.7 Å². The molecule has 0 bridgehead atoms. The lowest BCUT2D eigenvalue weighted by atomic mass is 10.0. The number of nitrogens with zero attached hydrogens (tertiary/aromatic N) is 5. The molecular formula is C57H41N5. The van der Waals surface area contributed by atoms with Gasteiger partial charge in [0, 0.05) is 44.3 Å². The highest BCUT2D eigenvalue weighted by atomic mass is 15.4. The molecule has 0 saturated heterocycles. The molecule has 12 rings (SSSR count). The molecule has 5 heteroatoms. The van der Waals surface area contributed by atoms with E-state index in [4.69, 9.17) is 4.99 Å². The minimum atomic E-state index is -0.134. The molecule has 0 spiro atoms. The van der Waals surface area contributed by atoms with E-state index in [1.807, 2.05) is 12.4 Å². The Morgan fingerprint density at radius 2 is 0.823 bits per heavy atom. The van der Waals surface area contributed by atoms with Crippen LogP contribution < -0.4 is 9.80 Å². The van der Waals surface area contributed by atoms with Gasteiger partial charge in [0.15, 0.2) is 0 Å². The lowest BCUT2D eigenvalue weighted by molar-refractivity contribution is 0.631. The standard InChI is InChI=1S/C57H41N5/c1-3-15-45(16-4-1)59-38-58-57(60(39-59)46-17-5-2-6-18-46)42-28-26-40(27-29-42)41-30-33-47(34-31-41)61-53-23-10-9-22-51(53)52-35-32-44(37-56(52)61)43-14-13-19-48(36-43)62-54-24-11-7-20-49(54)50-21-8-12-25-55(50)62/h1-38,57H,39H2. The second-order valence-corrected chi connectivity index (χ2v) is 16.1. The van der Waals surface area contributed by atoms with Crippen LogP contribution in [0, 0.1) is 0 Å². The van der Waals surface area contributed by atoms with Crippen LogP contribution in [0.2, 0.25) is 0 Å². The highest BCUT2D eigenvalue weighted by molar-refractivity contribution is 6.11. The van der Waals surface area contributed by atoms with E-state index in [9.17, 15) is 0 Å². The van der Waals surface area contributed by atoms with Gasteiger partial charge in [-0.15, -0.1) is 0 Å². The van der Waals surface area contributed by atoms with Crippen LogP contribution >= 0.6 is 0 Å². The van der Waals surface area contributed by atoms with Gasteiger partial charge < -0.3 is 18.9 Å². The van der Waals surface area contributed by atoms with Gasteiger partial charge in [-0.25, -0.2) is 4.99 Å². The van der Waals surface area contributed by atoms with Crippen molar-refractivity contribution < 1.29 is 0 Å². The Morgan fingerprint density at radius 1 is 0.339 bits per heavy atom. The van der Waals surface area contributed by atoms with E-state index < -0.39 is 0 Å². The third-order valence-corrected chi connectivity index (χ3v) is 12.5. The van der Waals surface area contributed by atoms with E-state index >= 15 is 0 Å². The molecule has 0 aliphatic carbocycles. The van der Waals surface area contributed by atoms with Crippen molar-refractivity contribution in [1.82, 2.24) is 9.13 Å². The summed E-state index contributed by atoms with van der Waals surface area (Å²) < 4.78 is 4.80. The zero-order chi connectivity index (χ0) is 41.0. The quantitative estimate of drug-likeness (QED) is 0.161. The maximum atomic E-state index is 5.09. The predicted octanol–water partition coefficient (Wildman–Crippen LogP) is 14.2. The molecule has 62 heavy (non-hydrogen) atoms. The first-order chi connectivity index (χ1) is 30.7. The molecule has 5 nitrogen and oxygen atoms in total. The van der Waals surface area contributed by atoms with E-state index in [-0.39, 0.29) is 6.17 Å².